The first-order valence-electron chi connectivity index (χ1n) is 8.81. The number of carbonyl (C=O) groups is 1. The summed E-state index contributed by atoms with van der Waals surface area (Å²) in [6, 6.07) is 21.0. The summed E-state index contributed by atoms with van der Waals surface area (Å²) in [5.41, 5.74) is 1.77. The van der Waals surface area contributed by atoms with Gasteiger partial charge in [0, 0.05) is 11.3 Å². The number of anilines is 1. The average molecular weight is 624 g/mol. The standard InChI is InChI=1S/C23H15FI2N2O2/c24-19-9-5-4-6-16(19)14-30-22-20(25)11-15(12-21(22)26)10-17(13-27)23(29)28-18-7-2-1-3-8-18/h1-12H,14H2,(H,28,29)/b17-10-. The molecule has 0 bridgehead atoms. The Kier molecular flexibility index (Phi) is 7.81. The van der Waals surface area contributed by atoms with Crippen molar-refractivity contribution in [1.82, 2.24) is 0 Å². The van der Waals surface area contributed by atoms with E-state index < -0.39 is 5.91 Å². The van der Waals surface area contributed by atoms with E-state index in [2.05, 4.69) is 50.5 Å². The van der Waals surface area contributed by atoms with Crippen LogP contribution in [0, 0.1) is 24.3 Å². The van der Waals surface area contributed by atoms with Crippen molar-refractivity contribution in [3.8, 4) is 11.8 Å². The van der Waals surface area contributed by atoms with Crippen LogP contribution in [0.25, 0.3) is 6.08 Å². The number of carbonyl (C=O) groups excluding carboxylic acids is 1. The molecule has 0 radical (unpaired) electrons. The third kappa shape index (κ3) is 5.79. The Bertz CT molecular complexity index is 1120. The highest BCUT2D eigenvalue weighted by molar-refractivity contribution is 14.1. The van der Waals surface area contributed by atoms with E-state index >= 15 is 0 Å². The van der Waals surface area contributed by atoms with Crippen LogP contribution < -0.4 is 10.1 Å². The molecule has 0 aliphatic rings. The predicted molar refractivity (Wildman–Crippen MR) is 131 cm³/mol. The first-order chi connectivity index (χ1) is 14.5. The molecule has 3 aromatic carbocycles. The van der Waals surface area contributed by atoms with Crippen molar-refractivity contribution in [1.29, 1.82) is 5.26 Å². The molecule has 30 heavy (non-hydrogen) atoms. The minimum Gasteiger partial charge on any atom is -0.487 e. The number of halogens is 3. The van der Waals surface area contributed by atoms with Gasteiger partial charge in [0.05, 0.1) is 7.14 Å². The molecule has 0 saturated carbocycles. The SMILES string of the molecule is N#C/C(=C/c1cc(I)c(OCc2ccccc2F)c(I)c1)C(=O)Nc1ccccc1. The fourth-order valence-electron chi connectivity index (χ4n) is 2.60. The fraction of sp³-hybridized carbons (Fsp3) is 0.0435. The molecule has 0 fully saturated rings. The van der Waals surface area contributed by atoms with Gasteiger partial charge < -0.3 is 10.1 Å². The summed E-state index contributed by atoms with van der Waals surface area (Å²) in [4.78, 5) is 12.4. The normalized spacial score (nSPS) is 10.9. The molecule has 0 spiro atoms. The van der Waals surface area contributed by atoms with Crippen molar-refractivity contribution in [3.05, 3.63) is 96.4 Å². The molecule has 1 N–H and O–H groups in total. The Morgan fingerprint density at radius 2 is 1.70 bits per heavy atom. The van der Waals surface area contributed by atoms with Crippen LogP contribution >= 0.6 is 45.2 Å². The van der Waals surface area contributed by atoms with E-state index in [0.29, 0.717) is 22.6 Å². The van der Waals surface area contributed by atoms with E-state index in [1.54, 1.807) is 42.5 Å². The number of ether oxygens (including phenoxy) is 1. The van der Waals surface area contributed by atoms with Gasteiger partial charge in [-0.05, 0) is 87.2 Å². The smallest absolute Gasteiger partial charge is 0.266 e. The summed E-state index contributed by atoms with van der Waals surface area (Å²) in [5, 5.41) is 12.1. The lowest BCUT2D eigenvalue weighted by atomic mass is 10.1. The minimum absolute atomic E-state index is 0.00882. The number of rotatable bonds is 6. The number of amides is 1. The van der Waals surface area contributed by atoms with E-state index in [0.717, 1.165) is 7.14 Å². The van der Waals surface area contributed by atoms with Crippen molar-refractivity contribution in [2.75, 3.05) is 5.32 Å². The van der Waals surface area contributed by atoms with Gasteiger partial charge in [-0.3, -0.25) is 4.79 Å². The van der Waals surface area contributed by atoms with Gasteiger partial charge in [0.25, 0.3) is 5.91 Å². The highest BCUT2D eigenvalue weighted by atomic mass is 127. The van der Waals surface area contributed by atoms with Gasteiger partial charge in [-0.15, -0.1) is 0 Å². The number of hydrogen-bond acceptors (Lipinski definition) is 3. The summed E-state index contributed by atoms with van der Waals surface area (Å²) >= 11 is 4.24. The van der Waals surface area contributed by atoms with Gasteiger partial charge in [0.2, 0.25) is 0 Å². The van der Waals surface area contributed by atoms with E-state index in [-0.39, 0.29) is 18.0 Å². The molecule has 4 nitrogen and oxygen atoms in total. The van der Waals surface area contributed by atoms with Crippen LogP contribution in [0.2, 0.25) is 0 Å². The zero-order chi connectivity index (χ0) is 21.5. The van der Waals surface area contributed by atoms with E-state index in [1.807, 2.05) is 24.3 Å². The summed E-state index contributed by atoms with van der Waals surface area (Å²) < 4.78 is 21.2. The van der Waals surface area contributed by atoms with Crippen LogP contribution in [-0.2, 0) is 11.4 Å². The fourth-order valence-corrected chi connectivity index (χ4v) is 4.73. The maximum absolute atomic E-state index is 13.8. The summed E-state index contributed by atoms with van der Waals surface area (Å²) in [5.74, 6) is -0.164. The summed E-state index contributed by atoms with van der Waals surface area (Å²) in [6.07, 6.45) is 1.53. The molecular weight excluding hydrogens is 609 g/mol. The molecule has 0 saturated heterocycles. The van der Waals surface area contributed by atoms with Gasteiger partial charge in [-0.25, -0.2) is 4.39 Å². The number of benzene rings is 3. The third-order valence-electron chi connectivity index (χ3n) is 4.06. The minimum atomic E-state index is -0.478. The lowest BCUT2D eigenvalue weighted by Gasteiger charge is -2.12. The van der Waals surface area contributed by atoms with Crippen LogP contribution in [0.4, 0.5) is 10.1 Å². The van der Waals surface area contributed by atoms with Crippen LogP contribution in [-0.4, -0.2) is 5.91 Å². The topological polar surface area (TPSA) is 62.1 Å². The first kappa shape index (κ1) is 22.2. The van der Waals surface area contributed by atoms with Gasteiger partial charge in [0.15, 0.2) is 0 Å². The number of para-hydroxylation sites is 1. The van der Waals surface area contributed by atoms with Gasteiger partial charge in [-0.2, -0.15) is 5.26 Å². The third-order valence-corrected chi connectivity index (χ3v) is 5.66. The largest absolute Gasteiger partial charge is 0.487 e. The second kappa shape index (κ2) is 10.5. The van der Waals surface area contributed by atoms with Crippen LogP contribution in [0.15, 0.2) is 72.3 Å². The lowest BCUT2D eigenvalue weighted by molar-refractivity contribution is -0.112. The summed E-state index contributed by atoms with van der Waals surface area (Å²) in [6.45, 7) is 0.108. The van der Waals surface area contributed by atoms with Crippen molar-refractivity contribution in [2.24, 2.45) is 0 Å². The number of nitrogens with one attached hydrogen (secondary N) is 1. The molecular formula is C23H15FI2N2O2. The molecule has 0 atom stereocenters. The van der Waals surface area contributed by atoms with Crippen LogP contribution in [0.1, 0.15) is 11.1 Å². The average Bonchev–Trinajstić information content (AvgIpc) is 2.73. The van der Waals surface area contributed by atoms with Crippen LogP contribution in [0.5, 0.6) is 5.75 Å². The zero-order valence-corrected chi connectivity index (χ0v) is 19.8. The quantitative estimate of drug-likeness (QED) is 0.203. The van der Waals surface area contributed by atoms with Crippen LogP contribution in [0.3, 0.4) is 0 Å². The number of nitriles is 1. The molecule has 3 aromatic rings. The van der Waals surface area contributed by atoms with Crippen molar-refractivity contribution >= 4 is 62.9 Å². The molecule has 0 aromatic heterocycles. The first-order valence-corrected chi connectivity index (χ1v) is 11.0. The number of hydrogen-bond donors (Lipinski definition) is 1. The van der Waals surface area contributed by atoms with E-state index in [9.17, 15) is 14.4 Å². The Hall–Kier alpha value is -2.45. The second-order valence-electron chi connectivity index (χ2n) is 6.18. The van der Waals surface area contributed by atoms with E-state index in [4.69, 9.17) is 4.74 Å². The Morgan fingerprint density at radius 3 is 2.33 bits per heavy atom. The molecule has 0 heterocycles. The molecule has 0 aliphatic carbocycles. The highest BCUT2D eigenvalue weighted by Gasteiger charge is 2.13. The second-order valence-corrected chi connectivity index (χ2v) is 8.51. The van der Waals surface area contributed by atoms with Gasteiger partial charge in [0.1, 0.15) is 29.8 Å². The van der Waals surface area contributed by atoms with Crippen molar-refractivity contribution in [2.45, 2.75) is 6.61 Å². The number of nitrogens with zero attached hydrogens (tertiary/aromatic N) is 1. The van der Waals surface area contributed by atoms with Crippen molar-refractivity contribution < 1.29 is 13.9 Å². The van der Waals surface area contributed by atoms with E-state index in [1.165, 1.54) is 12.1 Å². The van der Waals surface area contributed by atoms with Gasteiger partial charge in [-0.1, -0.05) is 36.4 Å². The molecule has 3 rings (SSSR count). The molecule has 0 aliphatic heterocycles. The Labute approximate surface area is 201 Å². The Morgan fingerprint density at radius 1 is 1.07 bits per heavy atom. The maximum Gasteiger partial charge on any atom is 0.266 e. The highest BCUT2D eigenvalue weighted by Crippen LogP contribution is 2.30. The Balaban J connectivity index is 1.78. The molecule has 0 unspecified atom stereocenters. The lowest BCUT2D eigenvalue weighted by Crippen LogP contribution is -2.13. The predicted octanol–water partition coefficient (Wildman–Crippen LogP) is 6.16. The maximum atomic E-state index is 13.8. The molecule has 150 valence electrons. The zero-order valence-electron chi connectivity index (χ0n) is 15.5. The monoisotopic (exact) mass is 624 g/mol. The molecule has 7 heteroatoms. The van der Waals surface area contributed by atoms with Gasteiger partial charge >= 0.3 is 0 Å². The summed E-state index contributed by atoms with van der Waals surface area (Å²) in [7, 11) is 0. The van der Waals surface area contributed by atoms with Crippen molar-refractivity contribution in [3.63, 3.8) is 0 Å². The molecule has 1 amide bonds.